The van der Waals surface area contributed by atoms with E-state index in [2.05, 4.69) is 5.32 Å². The van der Waals surface area contributed by atoms with E-state index >= 15 is 0 Å². The quantitative estimate of drug-likeness (QED) is 0.735. The Kier molecular flexibility index (Phi) is 2.23. The van der Waals surface area contributed by atoms with Gasteiger partial charge in [0.1, 0.15) is 0 Å². The zero-order valence-electron chi connectivity index (χ0n) is 7.43. The average molecular weight is 201 g/mol. The molecule has 2 rings (SSSR count). The van der Waals surface area contributed by atoms with Crippen molar-refractivity contribution in [3.8, 4) is 0 Å². The summed E-state index contributed by atoms with van der Waals surface area (Å²) in [7, 11) is 0. The zero-order chi connectivity index (χ0) is 10.2. The van der Waals surface area contributed by atoms with Crippen LogP contribution in [0.15, 0.2) is 24.3 Å². The van der Waals surface area contributed by atoms with Crippen molar-refractivity contribution in [3.05, 3.63) is 35.4 Å². The molecular weight excluding hydrogens is 191 g/mol. The summed E-state index contributed by atoms with van der Waals surface area (Å²) in [6, 6.07) is 5.79. The van der Waals surface area contributed by atoms with Crippen LogP contribution in [-0.2, 0) is 6.18 Å². The van der Waals surface area contributed by atoms with Crippen molar-refractivity contribution in [1.29, 1.82) is 0 Å². The lowest BCUT2D eigenvalue weighted by molar-refractivity contribution is -0.138. The van der Waals surface area contributed by atoms with Gasteiger partial charge in [-0.05, 0) is 11.6 Å². The molecule has 1 aliphatic rings. The molecule has 0 unspecified atom stereocenters. The Morgan fingerprint density at radius 2 is 1.79 bits per heavy atom. The summed E-state index contributed by atoms with van der Waals surface area (Å²) in [5, 5.41) is 2.97. The molecular formula is C10H10F3N. The molecule has 0 spiro atoms. The van der Waals surface area contributed by atoms with Gasteiger partial charge in [-0.3, -0.25) is 0 Å². The van der Waals surface area contributed by atoms with Crippen LogP contribution in [0.25, 0.3) is 0 Å². The van der Waals surface area contributed by atoms with E-state index in [1.165, 1.54) is 6.07 Å². The highest BCUT2D eigenvalue weighted by Gasteiger charge is 2.35. The van der Waals surface area contributed by atoms with E-state index in [0.717, 1.165) is 6.07 Å². The molecule has 76 valence electrons. The van der Waals surface area contributed by atoms with Crippen LogP contribution in [0, 0.1) is 0 Å². The molecule has 1 aromatic carbocycles. The van der Waals surface area contributed by atoms with Crippen molar-refractivity contribution in [2.24, 2.45) is 0 Å². The fourth-order valence-corrected chi connectivity index (χ4v) is 1.62. The predicted octanol–water partition coefficient (Wildman–Crippen LogP) is 2.39. The number of halogens is 3. The molecule has 1 heterocycles. The first-order valence-electron chi connectivity index (χ1n) is 4.46. The van der Waals surface area contributed by atoms with Crippen molar-refractivity contribution in [3.63, 3.8) is 0 Å². The molecule has 4 heteroatoms. The van der Waals surface area contributed by atoms with Crippen LogP contribution in [0.4, 0.5) is 13.2 Å². The maximum atomic E-state index is 12.5. The number of nitrogens with one attached hydrogen (secondary N) is 1. The fourth-order valence-electron chi connectivity index (χ4n) is 1.62. The van der Waals surface area contributed by atoms with Gasteiger partial charge in [-0.2, -0.15) is 13.2 Å². The summed E-state index contributed by atoms with van der Waals surface area (Å²) in [5.41, 5.74) is -0.0785. The van der Waals surface area contributed by atoms with Crippen molar-refractivity contribution in [1.82, 2.24) is 5.32 Å². The van der Waals surface area contributed by atoms with Crippen LogP contribution in [0.1, 0.15) is 17.0 Å². The molecule has 0 saturated carbocycles. The molecule has 0 bridgehead atoms. The Hall–Kier alpha value is -1.03. The molecule has 0 aromatic heterocycles. The molecule has 1 fully saturated rings. The molecule has 1 saturated heterocycles. The Balaban J connectivity index is 2.38. The van der Waals surface area contributed by atoms with E-state index in [4.69, 9.17) is 0 Å². The third-order valence-corrected chi connectivity index (χ3v) is 2.49. The van der Waals surface area contributed by atoms with Crippen LogP contribution >= 0.6 is 0 Å². The Bertz CT molecular complexity index is 328. The highest BCUT2D eigenvalue weighted by atomic mass is 19.4. The molecule has 0 atom stereocenters. The van der Waals surface area contributed by atoms with E-state index in [1.807, 2.05) is 0 Å². The fraction of sp³-hybridized carbons (Fsp3) is 0.400. The number of benzene rings is 1. The summed E-state index contributed by atoms with van der Waals surface area (Å²) in [5.74, 6) is 0.0211. The van der Waals surface area contributed by atoms with Gasteiger partial charge in [0.25, 0.3) is 0 Å². The van der Waals surface area contributed by atoms with Gasteiger partial charge in [0, 0.05) is 19.0 Å². The topological polar surface area (TPSA) is 12.0 Å². The van der Waals surface area contributed by atoms with Gasteiger partial charge in [-0.1, -0.05) is 18.2 Å². The lowest BCUT2D eigenvalue weighted by atomic mass is 9.89. The Labute approximate surface area is 79.9 Å². The van der Waals surface area contributed by atoms with Gasteiger partial charge in [-0.25, -0.2) is 0 Å². The third-order valence-electron chi connectivity index (χ3n) is 2.49. The van der Waals surface area contributed by atoms with Gasteiger partial charge in [0.2, 0.25) is 0 Å². The highest BCUT2D eigenvalue weighted by molar-refractivity contribution is 5.34. The summed E-state index contributed by atoms with van der Waals surface area (Å²) < 4.78 is 37.6. The standard InChI is InChI=1S/C10H10F3N/c11-10(12,13)9-4-2-1-3-8(9)7-5-14-6-7/h1-4,7,14H,5-6H2. The molecule has 1 aromatic rings. The normalized spacial score (nSPS) is 17.9. The second kappa shape index (κ2) is 3.28. The minimum atomic E-state index is -4.23. The van der Waals surface area contributed by atoms with Crippen molar-refractivity contribution >= 4 is 0 Å². The van der Waals surface area contributed by atoms with E-state index in [1.54, 1.807) is 12.1 Å². The molecule has 0 radical (unpaired) electrons. The van der Waals surface area contributed by atoms with Gasteiger partial charge < -0.3 is 5.32 Å². The first kappa shape index (κ1) is 9.52. The van der Waals surface area contributed by atoms with Gasteiger partial charge in [-0.15, -0.1) is 0 Å². The van der Waals surface area contributed by atoms with Crippen LogP contribution in [-0.4, -0.2) is 13.1 Å². The highest BCUT2D eigenvalue weighted by Crippen LogP contribution is 2.35. The number of hydrogen-bond donors (Lipinski definition) is 1. The smallest absolute Gasteiger partial charge is 0.315 e. The van der Waals surface area contributed by atoms with Crippen molar-refractivity contribution < 1.29 is 13.2 Å². The minimum absolute atomic E-state index is 0.0211. The predicted molar refractivity (Wildman–Crippen MR) is 47.1 cm³/mol. The Morgan fingerprint density at radius 3 is 2.29 bits per heavy atom. The van der Waals surface area contributed by atoms with E-state index in [-0.39, 0.29) is 5.92 Å². The van der Waals surface area contributed by atoms with E-state index in [0.29, 0.717) is 18.7 Å². The van der Waals surface area contributed by atoms with E-state index < -0.39 is 11.7 Å². The first-order valence-corrected chi connectivity index (χ1v) is 4.46. The third kappa shape index (κ3) is 1.62. The molecule has 0 amide bonds. The summed E-state index contributed by atoms with van der Waals surface area (Å²) in [6.45, 7) is 1.29. The van der Waals surface area contributed by atoms with Gasteiger partial charge >= 0.3 is 6.18 Å². The van der Waals surface area contributed by atoms with Crippen LogP contribution in [0.5, 0.6) is 0 Å². The molecule has 1 aliphatic heterocycles. The largest absolute Gasteiger partial charge is 0.416 e. The van der Waals surface area contributed by atoms with Crippen LogP contribution in [0.2, 0.25) is 0 Å². The molecule has 14 heavy (non-hydrogen) atoms. The van der Waals surface area contributed by atoms with Crippen molar-refractivity contribution in [2.45, 2.75) is 12.1 Å². The maximum absolute atomic E-state index is 12.5. The van der Waals surface area contributed by atoms with Crippen LogP contribution < -0.4 is 5.32 Å². The lowest BCUT2D eigenvalue weighted by Gasteiger charge is -2.29. The van der Waals surface area contributed by atoms with Crippen LogP contribution in [0.3, 0.4) is 0 Å². The maximum Gasteiger partial charge on any atom is 0.416 e. The molecule has 1 N–H and O–H groups in total. The van der Waals surface area contributed by atoms with Gasteiger partial charge in [0.05, 0.1) is 5.56 Å². The Morgan fingerprint density at radius 1 is 1.14 bits per heavy atom. The number of hydrogen-bond acceptors (Lipinski definition) is 1. The second-order valence-corrected chi connectivity index (χ2v) is 3.44. The van der Waals surface area contributed by atoms with E-state index in [9.17, 15) is 13.2 Å². The summed E-state index contributed by atoms with van der Waals surface area (Å²) in [4.78, 5) is 0. The van der Waals surface area contributed by atoms with Gasteiger partial charge in [0.15, 0.2) is 0 Å². The summed E-state index contributed by atoms with van der Waals surface area (Å²) >= 11 is 0. The minimum Gasteiger partial charge on any atom is -0.315 e. The molecule has 0 aliphatic carbocycles. The number of rotatable bonds is 1. The lowest BCUT2D eigenvalue weighted by Crippen LogP contribution is -2.40. The summed E-state index contributed by atoms with van der Waals surface area (Å²) in [6.07, 6.45) is -4.23. The average Bonchev–Trinajstić information content (AvgIpc) is 2.00. The SMILES string of the molecule is FC(F)(F)c1ccccc1C1CNC1. The monoisotopic (exact) mass is 201 g/mol. The molecule has 1 nitrogen and oxygen atoms in total. The number of alkyl halides is 3. The van der Waals surface area contributed by atoms with Crippen molar-refractivity contribution in [2.75, 3.05) is 13.1 Å². The first-order chi connectivity index (χ1) is 6.59. The second-order valence-electron chi connectivity index (χ2n) is 3.44. The zero-order valence-corrected chi connectivity index (χ0v) is 7.43.